The van der Waals surface area contributed by atoms with Crippen LogP contribution in [0.25, 0.3) is 0 Å². The number of hydrogen-bond donors (Lipinski definition) is 1. The molecular formula is C15H24O. The monoisotopic (exact) mass is 220 g/mol. The van der Waals surface area contributed by atoms with Gasteiger partial charge in [0.25, 0.3) is 0 Å². The van der Waals surface area contributed by atoms with Crippen LogP contribution in [0.15, 0.2) is 11.6 Å². The SMILES string of the molecule is C[C@@H]1CC[C@H]2C(C)(C)[C@@H]3C(CO)=CC3[C@]12C. The minimum Gasteiger partial charge on any atom is -0.392 e. The van der Waals surface area contributed by atoms with Gasteiger partial charge in [-0.1, -0.05) is 33.8 Å². The molecule has 0 aromatic heterocycles. The van der Waals surface area contributed by atoms with Crippen LogP contribution in [-0.4, -0.2) is 11.7 Å². The summed E-state index contributed by atoms with van der Waals surface area (Å²) in [6.07, 6.45) is 5.18. The van der Waals surface area contributed by atoms with E-state index in [-0.39, 0.29) is 6.61 Å². The quantitative estimate of drug-likeness (QED) is 0.673. The van der Waals surface area contributed by atoms with E-state index in [2.05, 4.69) is 33.8 Å². The Kier molecular flexibility index (Phi) is 1.98. The van der Waals surface area contributed by atoms with Gasteiger partial charge in [-0.2, -0.15) is 0 Å². The first kappa shape index (κ1) is 10.8. The second kappa shape index (κ2) is 2.93. The zero-order chi connectivity index (χ0) is 11.7. The molecule has 0 aromatic carbocycles. The predicted molar refractivity (Wildman–Crippen MR) is 65.9 cm³/mol. The Balaban J connectivity index is 2.06. The van der Waals surface area contributed by atoms with Gasteiger partial charge in [0.05, 0.1) is 6.61 Å². The molecule has 5 atom stereocenters. The summed E-state index contributed by atoms with van der Waals surface area (Å²) in [6.45, 7) is 10.1. The highest BCUT2D eigenvalue weighted by Crippen LogP contribution is 2.73. The first-order valence-corrected chi connectivity index (χ1v) is 6.75. The summed E-state index contributed by atoms with van der Waals surface area (Å²) < 4.78 is 0. The van der Waals surface area contributed by atoms with Gasteiger partial charge in [0.15, 0.2) is 0 Å². The molecule has 0 amide bonds. The fourth-order valence-electron chi connectivity index (χ4n) is 5.51. The molecule has 0 spiro atoms. The van der Waals surface area contributed by atoms with Crippen molar-refractivity contribution in [2.75, 3.05) is 6.61 Å². The molecule has 2 fully saturated rings. The molecule has 0 heterocycles. The van der Waals surface area contributed by atoms with Gasteiger partial charge in [-0.25, -0.2) is 0 Å². The molecule has 0 bridgehead atoms. The van der Waals surface area contributed by atoms with Crippen molar-refractivity contribution >= 4 is 0 Å². The topological polar surface area (TPSA) is 20.2 Å². The number of aliphatic hydroxyl groups is 1. The van der Waals surface area contributed by atoms with Crippen LogP contribution < -0.4 is 0 Å². The van der Waals surface area contributed by atoms with Gasteiger partial charge in [0.2, 0.25) is 0 Å². The van der Waals surface area contributed by atoms with Crippen LogP contribution in [0.2, 0.25) is 0 Å². The van der Waals surface area contributed by atoms with Crippen molar-refractivity contribution in [2.45, 2.75) is 40.5 Å². The van der Waals surface area contributed by atoms with Gasteiger partial charge < -0.3 is 5.11 Å². The lowest BCUT2D eigenvalue weighted by Gasteiger charge is -2.43. The molecule has 0 radical (unpaired) electrons. The van der Waals surface area contributed by atoms with Gasteiger partial charge in [0.1, 0.15) is 0 Å². The molecule has 2 saturated carbocycles. The minimum absolute atomic E-state index is 0.280. The Bertz CT molecular complexity index is 354. The van der Waals surface area contributed by atoms with Crippen molar-refractivity contribution in [3.63, 3.8) is 0 Å². The smallest absolute Gasteiger partial charge is 0.0645 e. The molecule has 3 rings (SSSR count). The third kappa shape index (κ3) is 0.932. The maximum atomic E-state index is 9.41. The number of fused-ring (bicyclic) bond motifs is 3. The Hall–Kier alpha value is -0.300. The predicted octanol–water partition coefficient (Wildman–Crippen LogP) is 3.24. The van der Waals surface area contributed by atoms with E-state index < -0.39 is 0 Å². The molecule has 3 aliphatic rings. The fraction of sp³-hybridized carbons (Fsp3) is 0.867. The van der Waals surface area contributed by atoms with E-state index in [1.165, 1.54) is 18.4 Å². The third-order valence-electron chi connectivity index (χ3n) is 6.45. The van der Waals surface area contributed by atoms with Crippen molar-refractivity contribution in [2.24, 2.45) is 34.5 Å². The maximum Gasteiger partial charge on any atom is 0.0645 e. The van der Waals surface area contributed by atoms with Crippen molar-refractivity contribution < 1.29 is 5.11 Å². The van der Waals surface area contributed by atoms with Gasteiger partial charge in [0, 0.05) is 0 Å². The Morgan fingerprint density at radius 3 is 2.62 bits per heavy atom. The zero-order valence-electron chi connectivity index (χ0n) is 11.0. The molecule has 1 nitrogen and oxygen atoms in total. The first-order chi connectivity index (χ1) is 7.44. The largest absolute Gasteiger partial charge is 0.392 e. The lowest BCUT2D eigenvalue weighted by molar-refractivity contribution is 0.127. The summed E-state index contributed by atoms with van der Waals surface area (Å²) in [5.74, 6) is 3.11. The summed E-state index contributed by atoms with van der Waals surface area (Å²) in [6, 6.07) is 0. The second-order valence-corrected chi connectivity index (χ2v) is 7.12. The lowest BCUT2D eigenvalue weighted by Crippen LogP contribution is -2.37. The Morgan fingerprint density at radius 1 is 1.31 bits per heavy atom. The van der Waals surface area contributed by atoms with E-state index in [1.54, 1.807) is 0 Å². The molecule has 3 aliphatic carbocycles. The van der Waals surface area contributed by atoms with Gasteiger partial charge in [-0.05, 0) is 52.9 Å². The number of allylic oxidation sites excluding steroid dienone is 1. The lowest BCUT2D eigenvalue weighted by atomic mass is 9.62. The summed E-state index contributed by atoms with van der Waals surface area (Å²) in [4.78, 5) is 0. The highest BCUT2D eigenvalue weighted by molar-refractivity contribution is 5.35. The molecular weight excluding hydrogens is 196 g/mol. The van der Waals surface area contributed by atoms with Crippen LogP contribution in [0, 0.1) is 34.5 Å². The second-order valence-electron chi connectivity index (χ2n) is 7.12. The third-order valence-corrected chi connectivity index (χ3v) is 6.45. The summed E-state index contributed by atoms with van der Waals surface area (Å²) >= 11 is 0. The summed E-state index contributed by atoms with van der Waals surface area (Å²) in [5, 5.41) is 9.41. The molecule has 0 aromatic rings. The van der Waals surface area contributed by atoms with Crippen molar-refractivity contribution in [3.05, 3.63) is 11.6 Å². The number of hydrogen-bond acceptors (Lipinski definition) is 1. The summed E-state index contributed by atoms with van der Waals surface area (Å²) in [5.41, 5.74) is 2.22. The first-order valence-electron chi connectivity index (χ1n) is 6.75. The molecule has 0 saturated heterocycles. The number of rotatable bonds is 1. The molecule has 90 valence electrons. The molecule has 1 N–H and O–H groups in total. The Labute approximate surface area is 98.9 Å². The maximum absolute atomic E-state index is 9.41. The van der Waals surface area contributed by atoms with Crippen LogP contribution >= 0.6 is 0 Å². The van der Waals surface area contributed by atoms with Gasteiger partial charge >= 0.3 is 0 Å². The van der Waals surface area contributed by atoms with E-state index in [1.807, 2.05) is 0 Å². The minimum atomic E-state index is 0.280. The standard InChI is InChI=1S/C15H24O/c1-9-5-6-12-14(2,3)13-10(8-16)7-11(13)15(9,12)4/h7,9,11-13,16H,5-6,8H2,1-4H3/t9-,11?,12+,13-,15+/m1/s1. The van der Waals surface area contributed by atoms with Crippen LogP contribution in [0.4, 0.5) is 0 Å². The van der Waals surface area contributed by atoms with Crippen molar-refractivity contribution in [1.82, 2.24) is 0 Å². The van der Waals surface area contributed by atoms with E-state index in [4.69, 9.17) is 0 Å². The highest BCUT2D eigenvalue weighted by Gasteiger charge is 2.67. The molecule has 1 heteroatoms. The van der Waals surface area contributed by atoms with Crippen molar-refractivity contribution in [3.8, 4) is 0 Å². The Morgan fingerprint density at radius 2 is 2.00 bits per heavy atom. The van der Waals surface area contributed by atoms with Crippen molar-refractivity contribution in [1.29, 1.82) is 0 Å². The zero-order valence-corrected chi connectivity index (χ0v) is 11.0. The van der Waals surface area contributed by atoms with Gasteiger partial charge in [-0.3, -0.25) is 0 Å². The van der Waals surface area contributed by atoms with E-state index in [0.717, 1.165) is 17.8 Å². The molecule has 1 unspecified atom stereocenters. The van der Waals surface area contributed by atoms with Gasteiger partial charge in [-0.15, -0.1) is 0 Å². The van der Waals surface area contributed by atoms with Crippen LogP contribution in [-0.2, 0) is 0 Å². The number of aliphatic hydroxyl groups excluding tert-OH is 1. The molecule has 0 aliphatic heterocycles. The normalized spacial score (nSPS) is 52.9. The highest BCUT2D eigenvalue weighted by atomic mass is 16.3. The average molecular weight is 220 g/mol. The average Bonchev–Trinajstić information content (AvgIpc) is 2.48. The van der Waals surface area contributed by atoms with Crippen LogP contribution in [0.3, 0.4) is 0 Å². The van der Waals surface area contributed by atoms with E-state index in [0.29, 0.717) is 16.7 Å². The van der Waals surface area contributed by atoms with Crippen LogP contribution in [0.5, 0.6) is 0 Å². The van der Waals surface area contributed by atoms with E-state index in [9.17, 15) is 5.11 Å². The van der Waals surface area contributed by atoms with Crippen LogP contribution in [0.1, 0.15) is 40.5 Å². The fourth-order valence-corrected chi connectivity index (χ4v) is 5.51. The van der Waals surface area contributed by atoms with E-state index >= 15 is 0 Å². The molecule has 16 heavy (non-hydrogen) atoms. The summed E-state index contributed by atoms with van der Waals surface area (Å²) in [7, 11) is 0.